The summed E-state index contributed by atoms with van der Waals surface area (Å²) in [5.74, 6) is 0.626. The zero-order valence-electron chi connectivity index (χ0n) is 10.6. The third-order valence-electron chi connectivity index (χ3n) is 3.67. The van der Waals surface area contributed by atoms with Crippen LogP contribution < -0.4 is 0 Å². The second-order valence-corrected chi connectivity index (χ2v) is 5.44. The molecule has 1 aliphatic heterocycles. The minimum Gasteiger partial charge on any atom is -0.375 e. The maximum atomic E-state index is 5.60. The maximum absolute atomic E-state index is 5.60. The van der Waals surface area contributed by atoms with Crippen LogP contribution in [0.2, 0.25) is 0 Å². The van der Waals surface area contributed by atoms with Crippen molar-refractivity contribution in [3.8, 4) is 0 Å². The summed E-state index contributed by atoms with van der Waals surface area (Å²) in [5, 5.41) is 0. The van der Waals surface area contributed by atoms with E-state index in [0.717, 1.165) is 19.4 Å². The van der Waals surface area contributed by atoms with Crippen molar-refractivity contribution in [2.45, 2.75) is 51.6 Å². The molecule has 0 amide bonds. The predicted molar refractivity (Wildman–Crippen MR) is 67.8 cm³/mol. The second-order valence-electron chi connectivity index (χ2n) is 5.44. The van der Waals surface area contributed by atoms with Gasteiger partial charge in [-0.05, 0) is 43.2 Å². The first-order valence-corrected chi connectivity index (χ1v) is 6.32. The van der Waals surface area contributed by atoms with Crippen LogP contribution in [0, 0.1) is 0 Å². The Kier molecular flexibility index (Phi) is 3.34. The topological polar surface area (TPSA) is 9.23 Å². The van der Waals surface area contributed by atoms with Crippen LogP contribution in [-0.2, 0) is 11.2 Å². The van der Waals surface area contributed by atoms with Crippen molar-refractivity contribution in [1.29, 1.82) is 0 Å². The predicted octanol–water partition coefficient (Wildman–Crippen LogP) is 3.92. The molecule has 1 unspecified atom stereocenters. The molecule has 1 saturated heterocycles. The molecule has 88 valence electrons. The average molecular weight is 218 g/mol. The summed E-state index contributed by atoms with van der Waals surface area (Å²) in [6, 6.07) is 9.03. The minimum atomic E-state index is 0.163. The first kappa shape index (κ1) is 11.7. The van der Waals surface area contributed by atoms with E-state index in [2.05, 4.69) is 45.0 Å². The van der Waals surface area contributed by atoms with Crippen LogP contribution in [0.4, 0.5) is 0 Å². The van der Waals surface area contributed by atoms with Crippen LogP contribution in [0.1, 0.15) is 50.7 Å². The molecule has 0 radical (unpaired) electrons. The van der Waals surface area contributed by atoms with Crippen LogP contribution in [-0.4, -0.2) is 12.2 Å². The van der Waals surface area contributed by atoms with Gasteiger partial charge in [-0.15, -0.1) is 0 Å². The number of benzene rings is 1. The van der Waals surface area contributed by atoms with Crippen molar-refractivity contribution in [3.05, 3.63) is 35.4 Å². The summed E-state index contributed by atoms with van der Waals surface area (Å²) < 4.78 is 5.60. The minimum absolute atomic E-state index is 0.163. The lowest BCUT2D eigenvalue weighted by Crippen LogP contribution is -2.40. The summed E-state index contributed by atoms with van der Waals surface area (Å²) in [6.07, 6.45) is 3.50. The molecule has 1 heteroatoms. The highest BCUT2D eigenvalue weighted by Gasteiger charge is 2.32. The molecule has 0 spiro atoms. The Morgan fingerprint density at radius 1 is 1.25 bits per heavy atom. The summed E-state index contributed by atoms with van der Waals surface area (Å²) >= 11 is 0. The van der Waals surface area contributed by atoms with Gasteiger partial charge < -0.3 is 4.74 Å². The first-order chi connectivity index (χ1) is 7.59. The van der Waals surface area contributed by atoms with Crippen molar-refractivity contribution in [1.82, 2.24) is 0 Å². The van der Waals surface area contributed by atoms with Gasteiger partial charge in [0, 0.05) is 0 Å². The standard InChI is InChI=1S/C15H22O/c1-12(2)14-6-4-13(5-7-14)8-9-15(3)10-11-16-15/h4-7,12H,8-11H2,1-3H3. The normalized spacial score (nSPS) is 24.5. The zero-order chi connectivity index (χ0) is 11.6. The zero-order valence-corrected chi connectivity index (χ0v) is 10.6. The van der Waals surface area contributed by atoms with Gasteiger partial charge in [-0.25, -0.2) is 0 Å². The SMILES string of the molecule is CC(C)c1ccc(CCC2(C)CCO2)cc1. The largest absolute Gasteiger partial charge is 0.375 e. The lowest BCUT2D eigenvalue weighted by atomic mass is 9.89. The van der Waals surface area contributed by atoms with Crippen molar-refractivity contribution in [3.63, 3.8) is 0 Å². The Labute approximate surface area is 98.8 Å². The monoisotopic (exact) mass is 218 g/mol. The molecule has 1 aromatic rings. The molecule has 1 heterocycles. The van der Waals surface area contributed by atoms with E-state index in [4.69, 9.17) is 4.74 Å². The Morgan fingerprint density at radius 3 is 2.31 bits per heavy atom. The molecule has 0 aliphatic carbocycles. The van der Waals surface area contributed by atoms with E-state index in [-0.39, 0.29) is 5.60 Å². The van der Waals surface area contributed by atoms with Gasteiger partial charge in [0.15, 0.2) is 0 Å². The molecular weight excluding hydrogens is 196 g/mol. The molecule has 0 saturated carbocycles. The summed E-state index contributed by atoms with van der Waals surface area (Å²) in [5.41, 5.74) is 3.02. The smallest absolute Gasteiger partial charge is 0.0679 e. The Morgan fingerprint density at radius 2 is 1.88 bits per heavy atom. The van der Waals surface area contributed by atoms with Crippen molar-refractivity contribution >= 4 is 0 Å². The van der Waals surface area contributed by atoms with E-state index < -0.39 is 0 Å². The summed E-state index contributed by atoms with van der Waals surface area (Å²) in [7, 11) is 0. The van der Waals surface area contributed by atoms with Gasteiger partial charge in [0.1, 0.15) is 0 Å². The molecule has 1 nitrogen and oxygen atoms in total. The van der Waals surface area contributed by atoms with E-state index in [1.165, 1.54) is 17.5 Å². The maximum Gasteiger partial charge on any atom is 0.0679 e. The first-order valence-electron chi connectivity index (χ1n) is 6.32. The van der Waals surface area contributed by atoms with Gasteiger partial charge in [0.2, 0.25) is 0 Å². The second kappa shape index (κ2) is 4.58. The number of rotatable bonds is 4. The molecule has 1 aromatic carbocycles. The molecule has 1 fully saturated rings. The number of aryl methyl sites for hydroxylation is 1. The third-order valence-corrected chi connectivity index (χ3v) is 3.67. The highest BCUT2D eigenvalue weighted by Crippen LogP contribution is 2.30. The third kappa shape index (κ3) is 2.65. The van der Waals surface area contributed by atoms with Gasteiger partial charge in [-0.1, -0.05) is 38.1 Å². The van der Waals surface area contributed by atoms with Crippen molar-refractivity contribution in [2.24, 2.45) is 0 Å². The Balaban J connectivity index is 1.90. The van der Waals surface area contributed by atoms with E-state index in [1.807, 2.05) is 0 Å². The van der Waals surface area contributed by atoms with Crippen LogP contribution in [0.25, 0.3) is 0 Å². The van der Waals surface area contributed by atoms with E-state index >= 15 is 0 Å². The van der Waals surface area contributed by atoms with Crippen LogP contribution in [0.15, 0.2) is 24.3 Å². The van der Waals surface area contributed by atoms with Gasteiger partial charge in [-0.3, -0.25) is 0 Å². The van der Waals surface area contributed by atoms with E-state index in [0.29, 0.717) is 5.92 Å². The summed E-state index contributed by atoms with van der Waals surface area (Å²) in [4.78, 5) is 0. The summed E-state index contributed by atoms with van der Waals surface area (Å²) in [6.45, 7) is 7.64. The lowest BCUT2D eigenvalue weighted by molar-refractivity contribution is -0.137. The molecule has 1 atom stereocenters. The van der Waals surface area contributed by atoms with Gasteiger partial charge in [0.25, 0.3) is 0 Å². The fraction of sp³-hybridized carbons (Fsp3) is 0.600. The quantitative estimate of drug-likeness (QED) is 0.744. The molecule has 0 aromatic heterocycles. The Bertz CT molecular complexity index is 333. The number of hydrogen-bond donors (Lipinski definition) is 0. The van der Waals surface area contributed by atoms with Crippen LogP contribution in [0.3, 0.4) is 0 Å². The van der Waals surface area contributed by atoms with Crippen molar-refractivity contribution < 1.29 is 4.74 Å². The highest BCUT2D eigenvalue weighted by atomic mass is 16.5. The lowest BCUT2D eigenvalue weighted by Gasteiger charge is -2.38. The van der Waals surface area contributed by atoms with E-state index in [1.54, 1.807) is 0 Å². The molecule has 2 rings (SSSR count). The van der Waals surface area contributed by atoms with Crippen LogP contribution in [0.5, 0.6) is 0 Å². The number of hydrogen-bond acceptors (Lipinski definition) is 1. The fourth-order valence-electron chi connectivity index (χ4n) is 2.13. The molecular formula is C15H22O. The Hall–Kier alpha value is -0.820. The highest BCUT2D eigenvalue weighted by molar-refractivity contribution is 5.24. The van der Waals surface area contributed by atoms with Gasteiger partial charge >= 0.3 is 0 Å². The molecule has 16 heavy (non-hydrogen) atoms. The molecule has 0 N–H and O–H groups in total. The van der Waals surface area contributed by atoms with Gasteiger partial charge in [0.05, 0.1) is 12.2 Å². The fourth-order valence-corrected chi connectivity index (χ4v) is 2.13. The number of ether oxygens (including phenoxy) is 1. The molecule has 1 aliphatic rings. The van der Waals surface area contributed by atoms with Gasteiger partial charge in [-0.2, -0.15) is 0 Å². The van der Waals surface area contributed by atoms with Crippen molar-refractivity contribution in [2.75, 3.05) is 6.61 Å². The van der Waals surface area contributed by atoms with Crippen LogP contribution >= 0.6 is 0 Å². The molecule has 0 bridgehead atoms. The average Bonchev–Trinajstić information content (AvgIpc) is 2.24. The van der Waals surface area contributed by atoms with E-state index in [9.17, 15) is 0 Å².